The molecule has 1 aromatic carbocycles. The average molecular weight is 319 g/mol. The SMILES string of the molecule is Cc1nc(-c2cccc(NCc3cnc(C4CC4)nc3)c2)[nH]c1C. The lowest BCUT2D eigenvalue weighted by molar-refractivity contribution is 0.905. The van der Waals surface area contributed by atoms with E-state index in [0.717, 1.165) is 39.9 Å². The van der Waals surface area contributed by atoms with Gasteiger partial charge in [0, 0.05) is 47.4 Å². The molecule has 122 valence electrons. The fourth-order valence-electron chi connectivity index (χ4n) is 2.67. The van der Waals surface area contributed by atoms with Gasteiger partial charge in [-0.05, 0) is 38.8 Å². The highest BCUT2D eigenvalue weighted by molar-refractivity contribution is 5.63. The van der Waals surface area contributed by atoms with Crippen molar-refractivity contribution in [2.75, 3.05) is 5.32 Å². The highest BCUT2D eigenvalue weighted by Gasteiger charge is 2.25. The van der Waals surface area contributed by atoms with Crippen LogP contribution >= 0.6 is 0 Å². The Morgan fingerprint density at radius 1 is 1.17 bits per heavy atom. The van der Waals surface area contributed by atoms with Crippen LogP contribution < -0.4 is 5.32 Å². The van der Waals surface area contributed by atoms with Gasteiger partial charge in [-0.2, -0.15) is 0 Å². The van der Waals surface area contributed by atoms with Gasteiger partial charge < -0.3 is 10.3 Å². The van der Waals surface area contributed by atoms with Crippen molar-refractivity contribution in [2.24, 2.45) is 0 Å². The molecular formula is C19H21N5. The number of anilines is 1. The third-order valence-corrected chi connectivity index (χ3v) is 4.43. The van der Waals surface area contributed by atoms with Crippen molar-refractivity contribution in [1.29, 1.82) is 0 Å². The summed E-state index contributed by atoms with van der Waals surface area (Å²) in [7, 11) is 0. The number of imidazole rings is 1. The second-order valence-corrected chi connectivity index (χ2v) is 6.45. The zero-order chi connectivity index (χ0) is 16.5. The summed E-state index contributed by atoms with van der Waals surface area (Å²) in [6, 6.07) is 8.27. The van der Waals surface area contributed by atoms with Crippen molar-refractivity contribution < 1.29 is 0 Å². The Kier molecular flexibility index (Phi) is 3.76. The van der Waals surface area contributed by atoms with E-state index < -0.39 is 0 Å². The Morgan fingerprint density at radius 3 is 2.62 bits per heavy atom. The van der Waals surface area contributed by atoms with E-state index in [-0.39, 0.29) is 0 Å². The molecule has 1 fully saturated rings. The Balaban J connectivity index is 1.45. The Bertz CT molecular complexity index is 827. The van der Waals surface area contributed by atoms with Crippen LogP contribution in [0.3, 0.4) is 0 Å². The Labute approximate surface area is 141 Å². The predicted molar refractivity (Wildman–Crippen MR) is 94.8 cm³/mol. The van der Waals surface area contributed by atoms with Gasteiger partial charge in [-0.25, -0.2) is 15.0 Å². The molecule has 2 N–H and O–H groups in total. The van der Waals surface area contributed by atoms with Crippen molar-refractivity contribution in [3.8, 4) is 11.4 Å². The molecule has 0 aliphatic heterocycles. The van der Waals surface area contributed by atoms with Crippen LogP contribution in [0.5, 0.6) is 0 Å². The van der Waals surface area contributed by atoms with Gasteiger partial charge in [0.05, 0.1) is 5.69 Å². The van der Waals surface area contributed by atoms with E-state index in [2.05, 4.69) is 43.5 Å². The number of aryl methyl sites for hydroxylation is 2. The van der Waals surface area contributed by atoms with Crippen LogP contribution in [-0.2, 0) is 6.54 Å². The predicted octanol–water partition coefficient (Wildman–Crippen LogP) is 3.97. The lowest BCUT2D eigenvalue weighted by Crippen LogP contribution is -2.02. The lowest BCUT2D eigenvalue weighted by atomic mass is 10.2. The second-order valence-electron chi connectivity index (χ2n) is 6.45. The summed E-state index contributed by atoms with van der Waals surface area (Å²) in [6.07, 6.45) is 6.32. The summed E-state index contributed by atoms with van der Waals surface area (Å²) < 4.78 is 0. The fraction of sp³-hybridized carbons (Fsp3) is 0.316. The van der Waals surface area contributed by atoms with E-state index in [1.165, 1.54) is 12.8 Å². The first kappa shape index (κ1) is 14.9. The second kappa shape index (κ2) is 6.07. The highest BCUT2D eigenvalue weighted by atomic mass is 14.9. The summed E-state index contributed by atoms with van der Waals surface area (Å²) in [6.45, 7) is 4.77. The van der Waals surface area contributed by atoms with Crippen molar-refractivity contribution in [2.45, 2.75) is 39.2 Å². The Morgan fingerprint density at radius 2 is 1.96 bits per heavy atom. The van der Waals surface area contributed by atoms with Crippen LogP contribution in [0, 0.1) is 13.8 Å². The third-order valence-electron chi connectivity index (χ3n) is 4.43. The largest absolute Gasteiger partial charge is 0.381 e. The van der Waals surface area contributed by atoms with E-state index in [4.69, 9.17) is 0 Å². The molecule has 3 aromatic rings. The van der Waals surface area contributed by atoms with Crippen LogP contribution in [0.25, 0.3) is 11.4 Å². The number of aromatic amines is 1. The van der Waals surface area contributed by atoms with Crippen molar-refractivity contribution in [1.82, 2.24) is 19.9 Å². The van der Waals surface area contributed by atoms with Gasteiger partial charge in [0.25, 0.3) is 0 Å². The summed E-state index contributed by atoms with van der Waals surface area (Å²) in [5, 5.41) is 3.44. The van der Waals surface area contributed by atoms with Gasteiger partial charge >= 0.3 is 0 Å². The van der Waals surface area contributed by atoms with Crippen LogP contribution in [0.15, 0.2) is 36.7 Å². The number of hydrogen-bond donors (Lipinski definition) is 2. The number of nitrogens with zero attached hydrogens (tertiary/aromatic N) is 3. The topological polar surface area (TPSA) is 66.5 Å². The molecular weight excluding hydrogens is 298 g/mol. The molecule has 24 heavy (non-hydrogen) atoms. The number of aromatic nitrogens is 4. The molecule has 1 aliphatic rings. The summed E-state index contributed by atoms with van der Waals surface area (Å²) in [5.41, 5.74) is 5.38. The Hall–Kier alpha value is -2.69. The molecule has 0 atom stereocenters. The van der Waals surface area contributed by atoms with Crippen LogP contribution in [-0.4, -0.2) is 19.9 Å². The first-order valence-electron chi connectivity index (χ1n) is 8.37. The van der Waals surface area contributed by atoms with E-state index >= 15 is 0 Å². The molecule has 5 nitrogen and oxygen atoms in total. The number of benzene rings is 1. The summed E-state index contributed by atoms with van der Waals surface area (Å²) >= 11 is 0. The smallest absolute Gasteiger partial charge is 0.137 e. The van der Waals surface area contributed by atoms with Gasteiger partial charge in [0.15, 0.2) is 0 Å². The minimum Gasteiger partial charge on any atom is -0.381 e. The molecule has 0 radical (unpaired) electrons. The quantitative estimate of drug-likeness (QED) is 0.746. The summed E-state index contributed by atoms with van der Waals surface area (Å²) in [4.78, 5) is 16.8. The van der Waals surface area contributed by atoms with Gasteiger partial charge in [0.1, 0.15) is 11.6 Å². The molecule has 1 aliphatic carbocycles. The zero-order valence-electron chi connectivity index (χ0n) is 14.0. The molecule has 0 bridgehead atoms. The van der Waals surface area contributed by atoms with Crippen molar-refractivity contribution in [3.63, 3.8) is 0 Å². The molecule has 0 amide bonds. The standard InChI is InChI=1S/C19H21N5/c1-12-13(2)24-19(23-12)16-4-3-5-17(8-16)20-9-14-10-21-18(22-11-14)15-6-7-15/h3-5,8,10-11,15,20H,6-7,9H2,1-2H3,(H,23,24). The minimum atomic E-state index is 0.601. The van der Waals surface area contributed by atoms with Crippen LogP contribution in [0.4, 0.5) is 5.69 Å². The molecule has 4 rings (SSSR count). The van der Waals surface area contributed by atoms with E-state index in [9.17, 15) is 0 Å². The fourth-order valence-corrected chi connectivity index (χ4v) is 2.67. The van der Waals surface area contributed by atoms with Gasteiger partial charge in [-0.1, -0.05) is 12.1 Å². The monoisotopic (exact) mass is 319 g/mol. The van der Waals surface area contributed by atoms with E-state index in [1.54, 1.807) is 0 Å². The number of nitrogens with one attached hydrogen (secondary N) is 2. The van der Waals surface area contributed by atoms with Crippen LogP contribution in [0.1, 0.15) is 41.5 Å². The molecule has 0 saturated heterocycles. The molecule has 0 spiro atoms. The molecule has 2 heterocycles. The first-order chi connectivity index (χ1) is 11.7. The van der Waals surface area contributed by atoms with Crippen molar-refractivity contribution in [3.05, 3.63) is 59.4 Å². The number of H-pyrrole nitrogens is 1. The van der Waals surface area contributed by atoms with Gasteiger partial charge in [0.2, 0.25) is 0 Å². The number of rotatable bonds is 5. The maximum absolute atomic E-state index is 4.57. The first-order valence-corrected chi connectivity index (χ1v) is 8.37. The zero-order valence-corrected chi connectivity index (χ0v) is 14.0. The normalized spacial score (nSPS) is 13.9. The molecule has 5 heteroatoms. The van der Waals surface area contributed by atoms with E-state index in [1.807, 2.05) is 32.3 Å². The van der Waals surface area contributed by atoms with Crippen molar-refractivity contribution >= 4 is 5.69 Å². The lowest BCUT2D eigenvalue weighted by Gasteiger charge is -2.08. The average Bonchev–Trinajstić information content (AvgIpc) is 3.40. The third kappa shape index (κ3) is 3.15. The van der Waals surface area contributed by atoms with Crippen LogP contribution in [0.2, 0.25) is 0 Å². The molecule has 0 unspecified atom stereocenters. The maximum Gasteiger partial charge on any atom is 0.137 e. The highest BCUT2D eigenvalue weighted by Crippen LogP contribution is 2.37. The summed E-state index contributed by atoms with van der Waals surface area (Å²) in [5.74, 6) is 2.50. The number of hydrogen-bond acceptors (Lipinski definition) is 4. The van der Waals surface area contributed by atoms with Gasteiger partial charge in [-0.3, -0.25) is 0 Å². The minimum absolute atomic E-state index is 0.601. The van der Waals surface area contributed by atoms with Gasteiger partial charge in [-0.15, -0.1) is 0 Å². The van der Waals surface area contributed by atoms with E-state index in [0.29, 0.717) is 12.5 Å². The molecule has 2 aromatic heterocycles. The maximum atomic E-state index is 4.57. The molecule has 1 saturated carbocycles.